The Bertz CT molecular complexity index is 1300. The third kappa shape index (κ3) is 2.80. The monoisotopic (exact) mass is 487 g/mol. The fraction of sp³-hybridized carbons (Fsp3) is 0.429. The minimum absolute atomic E-state index is 0.0486. The van der Waals surface area contributed by atoms with Crippen LogP contribution in [0.15, 0.2) is 34.1 Å². The second-order valence-corrected chi connectivity index (χ2v) is 11.2. The third-order valence-electron chi connectivity index (χ3n) is 7.55. The van der Waals surface area contributed by atoms with Gasteiger partial charge < -0.3 is 10.1 Å². The van der Waals surface area contributed by atoms with Gasteiger partial charge in [0.2, 0.25) is 11.8 Å². The number of aromatic amines is 1. The summed E-state index contributed by atoms with van der Waals surface area (Å²) >= 11 is 2.59. The summed E-state index contributed by atoms with van der Waals surface area (Å²) in [4.78, 5) is 64.9. The lowest BCUT2D eigenvalue weighted by Gasteiger charge is -2.43. The van der Waals surface area contributed by atoms with Crippen LogP contribution in [0, 0.1) is 39.7 Å². The molecule has 2 aliphatic carbocycles. The molecule has 2 aliphatic heterocycles. The molecule has 1 saturated heterocycles. The number of nitro groups is 1. The van der Waals surface area contributed by atoms with Crippen molar-refractivity contribution in [3.63, 3.8) is 0 Å². The highest BCUT2D eigenvalue weighted by Gasteiger charge is 2.69. The molecule has 10 nitrogen and oxygen atoms in total. The molecular weight excluding hydrogens is 470 g/mol. The lowest BCUT2D eigenvalue weighted by Crippen LogP contribution is -2.42. The summed E-state index contributed by atoms with van der Waals surface area (Å²) in [6, 6.07) is 6.36. The van der Waals surface area contributed by atoms with Crippen molar-refractivity contribution >= 4 is 46.6 Å². The largest absolute Gasteiger partial charge is 0.480 e. The zero-order chi connectivity index (χ0) is 23.2. The van der Waals surface area contributed by atoms with E-state index in [4.69, 9.17) is 5.11 Å². The molecule has 2 saturated carbocycles. The van der Waals surface area contributed by atoms with Gasteiger partial charge in [-0.15, -0.1) is 11.8 Å². The molecule has 0 radical (unpaired) electrons. The smallest absolute Gasteiger partial charge is 0.323 e. The van der Waals surface area contributed by atoms with Crippen LogP contribution in [0.1, 0.15) is 22.8 Å². The Morgan fingerprint density at radius 3 is 2.64 bits per heavy atom. The molecule has 2 aromatic rings. The maximum Gasteiger partial charge on any atom is 0.323 e. The van der Waals surface area contributed by atoms with E-state index in [1.54, 1.807) is 12.1 Å². The zero-order valence-corrected chi connectivity index (χ0v) is 18.5. The number of carbonyl (C=O) groups is 3. The Morgan fingerprint density at radius 2 is 1.94 bits per heavy atom. The molecule has 12 heteroatoms. The highest BCUT2D eigenvalue weighted by atomic mass is 32.2. The van der Waals surface area contributed by atoms with Crippen molar-refractivity contribution in [2.24, 2.45) is 29.6 Å². The Hall–Kier alpha value is -2.99. The van der Waals surface area contributed by atoms with E-state index in [-0.39, 0.29) is 39.5 Å². The highest BCUT2D eigenvalue weighted by Crippen LogP contribution is 2.68. The Kier molecular flexibility index (Phi) is 4.37. The van der Waals surface area contributed by atoms with Gasteiger partial charge in [-0.05, 0) is 29.7 Å². The number of hydrogen-bond acceptors (Lipinski definition) is 8. The van der Waals surface area contributed by atoms with Crippen LogP contribution in [0.2, 0.25) is 0 Å². The predicted octanol–water partition coefficient (Wildman–Crippen LogP) is 1.90. The predicted molar refractivity (Wildman–Crippen MR) is 116 cm³/mol. The van der Waals surface area contributed by atoms with Crippen molar-refractivity contribution < 1.29 is 24.4 Å². The van der Waals surface area contributed by atoms with Crippen LogP contribution in [-0.4, -0.2) is 49.5 Å². The van der Waals surface area contributed by atoms with E-state index in [0.29, 0.717) is 17.0 Å². The van der Waals surface area contributed by atoms with Crippen molar-refractivity contribution in [3.05, 3.63) is 54.5 Å². The molecule has 4 aliphatic rings. The fourth-order valence-corrected chi connectivity index (χ4v) is 9.46. The van der Waals surface area contributed by atoms with E-state index in [1.807, 2.05) is 0 Å². The SMILES string of the molecule is O=C(O)CN1C(=O)[C@@H]2[C@H]3C[C@@H]([C@@H]2C1=O)[C@@H]1[C@H](c2cccc([N+](=O)[O-])c2)c2sc(=O)[nH]c2S[C@@H]31. The lowest BCUT2D eigenvalue weighted by molar-refractivity contribution is -0.384. The number of carboxylic acids is 1. The van der Waals surface area contributed by atoms with Gasteiger partial charge in [0.15, 0.2) is 0 Å². The minimum atomic E-state index is -1.23. The number of nitro benzene ring substituents is 1. The van der Waals surface area contributed by atoms with E-state index in [1.165, 1.54) is 23.9 Å². The summed E-state index contributed by atoms with van der Waals surface area (Å²) in [5, 5.41) is 21.2. The summed E-state index contributed by atoms with van der Waals surface area (Å²) in [5.41, 5.74) is 0.659. The van der Waals surface area contributed by atoms with Crippen molar-refractivity contribution in [3.8, 4) is 0 Å². The van der Waals surface area contributed by atoms with Crippen LogP contribution in [-0.2, 0) is 14.4 Å². The normalized spacial score (nSPS) is 33.7. The Labute approximate surface area is 194 Å². The van der Waals surface area contributed by atoms with Crippen LogP contribution in [0.5, 0.6) is 0 Å². The Balaban J connectivity index is 1.46. The lowest BCUT2D eigenvalue weighted by atomic mass is 9.68. The number of carboxylic acid groups (broad SMARTS) is 1. The van der Waals surface area contributed by atoms with E-state index in [0.717, 1.165) is 21.1 Å². The first kappa shape index (κ1) is 20.6. The highest BCUT2D eigenvalue weighted by molar-refractivity contribution is 8.00. The molecule has 2 bridgehead atoms. The maximum atomic E-state index is 13.1. The molecule has 3 heterocycles. The average molecular weight is 488 g/mol. The number of nitrogens with zero attached hydrogens (tertiary/aromatic N) is 2. The van der Waals surface area contributed by atoms with Gasteiger partial charge in [-0.25, -0.2) is 0 Å². The first-order chi connectivity index (χ1) is 15.8. The number of hydrogen-bond donors (Lipinski definition) is 2. The summed E-state index contributed by atoms with van der Waals surface area (Å²) in [6.07, 6.45) is 0.667. The molecule has 7 atom stereocenters. The Morgan fingerprint density at radius 1 is 1.21 bits per heavy atom. The minimum Gasteiger partial charge on any atom is -0.480 e. The second kappa shape index (κ2) is 7.00. The summed E-state index contributed by atoms with van der Waals surface area (Å²) in [6.45, 7) is -0.637. The number of nitrogens with one attached hydrogen (secondary N) is 1. The summed E-state index contributed by atoms with van der Waals surface area (Å²) in [7, 11) is 0. The van der Waals surface area contributed by atoms with Crippen molar-refractivity contribution in [1.29, 1.82) is 0 Å². The van der Waals surface area contributed by atoms with Gasteiger partial charge in [0.1, 0.15) is 6.54 Å². The van der Waals surface area contributed by atoms with Crippen molar-refractivity contribution in [2.45, 2.75) is 22.6 Å². The molecule has 170 valence electrons. The number of carbonyl (C=O) groups excluding carboxylic acids is 2. The van der Waals surface area contributed by atoms with E-state index in [9.17, 15) is 29.3 Å². The summed E-state index contributed by atoms with van der Waals surface area (Å²) in [5.74, 6) is -3.92. The fourth-order valence-electron chi connectivity index (χ4n) is 6.57. The first-order valence-electron chi connectivity index (χ1n) is 10.5. The maximum absolute atomic E-state index is 13.1. The van der Waals surface area contributed by atoms with Gasteiger partial charge >= 0.3 is 10.8 Å². The average Bonchev–Trinajstić information content (AvgIpc) is 3.49. The molecule has 1 aromatic carbocycles. The van der Waals surface area contributed by atoms with Gasteiger partial charge in [0, 0.05) is 28.2 Å². The number of H-pyrrole nitrogens is 1. The molecule has 1 aromatic heterocycles. The van der Waals surface area contributed by atoms with Gasteiger partial charge in [0.05, 0.1) is 21.8 Å². The first-order valence-corrected chi connectivity index (χ1v) is 12.2. The van der Waals surface area contributed by atoms with E-state index >= 15 is 0 Å². The van der Waals surface area contributed by atoms with Crippen LogP contribution in [0.4, 0.5) is 5.69 Å². The number of non-ortho nitro benzene ring substituents is 1. The van der Waals surface area contributed by atoms with Gasteiger partial charge in [-0.2, -0.15) is 0 Å². The number of imide groups is 1. The van der Waals surface area contributed by atoms with Gasteiger partial charge in [-0.1, -0.05) is 23.5 Å². The number of thiazole rings is 1. The van der Waals surface area contributed by atoms with Crippen LogP contribution in [0.3, 0.4) is 0 Å². The summed E-state index contributed by atoms with van der Waals surface area (Å²) < 4.78 is 0. The zero-order valence-electron chi connectivity index (χ0n) is 16.9. The number of aromatic nitrogens is 1. The molecule has 0 spiro atoms. The van der Waals surface area contributed by atoms with E-state index in [2.05, 4.69) is 4.98 Å². The standard InChI is InChI=1S/C21H17N3O7S2/c25-11(26)6-23-19(27)14-9-5-10(15(14)20(23)28)16-13(9)12(17-18(32-16)22-21(29)33-17)7-2-1-3-8(4-7)24(30)31/h1-4,9-10,12-16H,5-6H2,(H,22,29)(H,25,26)/t9-,10-,12+,13-,14+,15-,16+/m1/s1. The molecule has 6 rings (SSSR count). The number of thioether (sulfide) groups is 1. The van der Waals surface area contributed by atoms with Crippen LogP contribution in [0.25, 0.3) is 0 Å². The molecule has 2 N–H and O–H groups in total. The number of fused-ring (bicyclic) bond motifs is 9. The number of likely N-dealkylation sites (tertiary alicyclic amines) is 1. The van der Waals surface area contributed by atoms with E-state index < -0.39 is 41.1 Å². The van der Waals surface area contributed by atoms with Gasteiger partial charge in [-0.3, -0.25) is 34.2 Å². The molecule has 33 heavy (non-hydrogen) atoms. The molecule has 2 amide bonds. The van der Waals surface area contributed by atoms with Crippen molar-refractivity contribution in [1.82, 2.24) is 9.88 Å². The molecule has 0 unspecified atom stereocenters. The number of rotatable bonds is 4. The quantitative estimate of drug-likeness (QED) is 0.377. The van der Waals surface area contributed by atoms with Crippen LogP contribution < -0.4 is 4.87 Å². The second-order valence-electron chi connectivity index (χ2n) is 8.97. The molecular formula is C21H17N3O7S2. The topological polar surface area (TPSA) is 151 Å². The van der Waals surface area contributed by atoms with Crippen LogP contribution >= 0.6 is 23.1 Å². The van der Waals surface area contributed by atoms with Gasteiger partial charge in [0.25, 0.3) is 5.69 Å². The number of amides is 2. The number of aliphatic carboxylic acids is 1. The number of benzene rings is 1. The van der Waals surface area contributed by atoms with Crippen molar-refractivity contribution in [2.75, 3.05) is 6.54 Å². The third-order valence-corrected chi connectivity index (χ3v) is 10.1. The molecule has 3 fully saturated rings.